The van der Waals surface area contributed by atoms with Gasteiger partial charge in [0.1, 0.15) is 5.37 Å². The number of ether oxygens (including phenoxy) is 1. The maximum atomic E-state index is 12.0. The molecule has 0 N–H and O–H groups in total. The zero-order valence-corrected chi connectivity index (χ0v) is 12.7. The molecule has 1 aliphatic rings. The van der Waals surface area contributed by atoms with Crippen molar-refractivity contribution in [2.75, 3.05) is 18.9 Å². The van der Waals surface area contributed by atoms with E-state index in [1.807, 2.05) is 38.1 Å². The summed E-state index contributed by atoms with van der Waals surface area (Å²) in [6.45, 7) is 5.55. The van der Waals surface area contributed by atoms with E-state index in [-0.39, 0.29) is 17.4 Å². The van der Waals surface area contributed by atoms with Crippen LogP contribution >= 0.6 is 11.8 Å². The molecule has 0 aliphatic carbocycles. The van der Waals surface area contributed by atoms with Gasteiger partial charge in [-0.05, 0) is 32.4 Å². The highest BCUT2D eigenvalue weighted by Crippen LogP contribution is 2.38. The summed E-state index contributed by atoms with van der Waals surface area (Å²) >= 11 is 1.71. The summed E-state index contributed by atoms with van der Waals surface area (Å²) in [6.07, 6.45) is 3.18. The molecule has 1 saturated heterocycles. The summed E-state index contributed by atoms with van der Waals surface area (Å²) in [5, 5.41) is 0.159. The predicted octanol–water partition coefficient (Wildman–Crippen LogP) is 2.41. The lowest BCUT2D eigenvalue weighted by atomic mass is 10.3. The molecule has 4 nitrogen and oxygen atoms in total. The van der Waals surface area contributed by atoms with Crippen molar-refractivity contribution in [3.8, 4) is 0 Å². The zero-order valence-electron chi connectivity index (χ0n) is 11.8. The van der Waals surface area contributed by atoms with Crippen LogP contribution in [0.2, 0.25) is 0 Å². The Morgan fingerprint density at radius 3 is 2.95 bits per heavy atom. The van der Waals surface area contributed by atoms with Gasteiger partial charge in [-0.3, -0.25) is 4.79 Å². The second kappa shape index (κ2) is 6.48. The van der Waals surface area contributed by atoms with Crippen LogP contribution in [0, 0.1) is 0 Å². The second-order valence-electron chi connectivity index (χ2n) is 5.07. The van der Waals surface area contributed by atoms with Crippen molar-refractivity contribution in [2.45, 2.75) is 31.7 Å². The molecule has 5 heteroatoms. The highest BCUT2D eigenvalue weighted by atomic mass is 32.2. The molecule has 1 atom stereocenters. The van der Waals surface area contributed by atoms with E-state index in [1.165, 1.54) is 5.69 Å². The molecule has 2 rings (SSSR count). The molecule has 106 valence electrons. The molecular weight excluding hydrogens is 260 g/mol. The van der Waals surface area contributed by atoms with Crippen LogP contribution in [0.15, 0.2) is 18.3 Å². The Morgan fingerprint density at radius 2 is 2.32 bits per heavy atom. The Morgan fingerprint density at radius 1 is 1.53 bits per heavy atom. The third-order valence-electron chi connectivity index (χ3n) is 3.20. The van der Waals surface area contributed by atoms with Crippen molar-refractivity contribution < 1.29 is 9.53 Å². The highest BCUT2D eigenvalue weighted by molar-refractivity contribution is 8.00. The maximum absolute atomic E-state index is 12.0. The first-order chi connectivity index (χ1) is 9.09. The van der Waals surface area contributed by atoms with Crippen LogP contribution in [0.1, 0.15) is 31.3 Å². The zero-order chi connectivity index (χ0) is 13.8. The minimum absolute atomic E-state index is 0.159. The molecule has 19 heavy (non-hydrogen) atoms. The normalized spacial score (nSPS) is 19.7. The largest absolute Gasteiger partial charge is 0.379 e. The van der Waals surface area contributed by atoms with Gasteiger partial charge in [-0.25, -0.2) is 0 Å². The SMILES string of the molecule is CC(C)OCCCN1C(=O)CSC1c1cccn1C. The van der Waals surface area contributed by atoms with Crippen molar-refractivity contribution in [3.63, 3.8) is 0 Å². The number of thioether (sulfide) groups is 1. The molecule has 0 saturated carbocycles. The molecule has 2 heterocycles. The highest BCUT2D eigenvalue weighted by Gasteiger charge is 2.33. The van der Waals surface area contributed by atoms with Crippen LogP contribution in [0.5, 0.6) is 0 Å². The van der Waals surface area contributed by atoms with Gasteiger partial charge in [0.2, 0.25) is 5.91 Å². The van der Waals surface area contributed by atoms with Crippen LogP contribution in [0.3, 0.4) is 0 Å². The number of rotatable bonds is 6. The number of amides is 1. The van der Waals surface area contributed by atoms with E-state index in [0.717, 1.165) is 13.0 Å². The fourth-order valence-electron chi connectivity index (χ4n) is 2.23. The van der Waals surface area contributed by atoms with Crippen molar-refractivity contribution in [3.05, 3.63) is 24.0 Å². The predicted molar refractivity (Wildman–Crippen MR) is 78.0 cm³/mol. The van der Waals surface area contributed by atoms with Crippen LogP contribution in [0.25, 0.3) is 0 Å². The first kappa shape index (κ1) is 14.5. The van der Waals surface area contributed by atoms with Gasteiger partial charge < -0.3 is 14.2 Å². The summed E-state index contributed by atoms with van der Waals surface area (Å²) in [4.78, 5) is 14.0. The summed E-state index contributed by atoms with van der Waals surface area (Å²) in [5.41, 5.74) is 1.20. The minimum Gasteiger partial charge on any atom is -0.379 e. The Hall–Kier alpha value is -0.940. The van der Waals surface area contributed by atoms with Crippen molar-refractivity contribution in [1.82, 2.24) is 9.47 Å². The van der Waals surface area contributed by atoms with E-state index in [4.69, 9.17) is 4.74 Å². The minimum atomic E-state index is 0.159. The smallest absolute Gasteiger partial charge is 0.233 e. The standard InChI is InChI=1S/C14H22N2O2S/c1-11(2)18-9-5-8-16-13(17)10-19-14(16)12-6-4-7-15(12)3/h4,6-7,11,14H,5,8-10H2,1-3H3. The average Bonchev–Trinajstić information content (AvgIpc) is 2.91. The summed E-state index contributed by atoms with van der Waals surface area (Å²) in [6, 6.07) is 4.12. The van der Waals surface area contributed by atoms with Crippen LogP contribution in [-0.4, -0.2) is 40.4 Å². The third kappa shape index (κ3) is 3.54. The van der Waals surface area contributed by atoms with Crippen molar-refractivity contribution >= 4 is 17.7 Å². The van der Waals surface area contributed by atoms with Gasteiger partial charge in [0.05, 0.1) is 17.6 Å². The topological polar surface area (TPSA) is 34.5 Å². The number of hydrogen-bond donors (Lipinski definition) is 0. The second-order valence-corrected chi connectivity index (χ2v) is 6.14. The molecule has 1 aromatic rings. The Kier molecular flexibility index (Phi) is 4.93. The van der Waals surface area contributed by atoms with Gasteiger partial charge >= 0.3 is 0 Å². The molecule has 1 aromatic heterocycles. The third-order valence-corrected chi connectivity index (χ3v) is 4.42. The van der Waals surface area contributed by atoms with E-state index < -0.39 is 0 Å². The molecule has 0 bridgehead atoms. The van der Waals surface area contributed by atoms with Gasteiger partial charge in [0.15, 0.2) is 0 Å². The van der Waals surface area contributed by atoms with E-state index in [9.17, 15) is 4.79 Å². The molecule has 0 spiro atoms. The number of aryl methyl sites for hydroxylation is 1. The first-order valence-electron chi connectivity index (χ1n) is 6.73. The Bertz CT molecular complexity index is 431. The number of carbonyl (C=O) groups excluding carboxylic acids is 1. The van der Waals surface area contributed by atoms with E-state index >= 15 is 0 Å². The summed E-state index contributed by atoms with van der Waals surface area (Å²) < 4.78 is 7.63. The molecule has 0 aromatic carbocycles. The van der Waals surface area contributed by atoms with Crippen LogP contribution in [0.4, 0.5) is 0 Å². The summed E-state index contributed by atoms with van der Waals surface area (Å²) in [5.74, 6) is 0.821. The number of carbonyl (C=O) groups is 1. The monoisotopic (exact) mass is 282 g/mol. The quantitative estimate of drug-likeness (QED) is 0.752. The lowest BCUT2D eigenvalue weighted by molar-refractivity contribution is -0.128. The van der Waals surface area contributed by atoms with Gasteiger partial charge in [-0.1, -0.05) is 0 Å². The van der Waals surface area contributed by atoms with Gasteiger partial charge in [-0.15, -0.1) is 11.8 Å². The van der Waals surface area contributed by atoms with E-state index in [0.29, 0.717) is 12.4 Å². The van der Waals surface area contributed by atoms with Gasteiger partial charge in [-0.2, -0.15) is 0 Å². The lowest BCUT2D eigenvalue weighted by Crippen LogP contribution is -2.30. The molecule has 1 fully saturated rings. The van der Waals surface area contributed by atoms with Gasteiger partial charge in [0, 0.05) is 26.4 Å². The Balaban J connectivity index is 1.93. The van der Waals surface area contributed by atoms with E-state index in [1.54, 1.807) is 11.8 Å². The Labute approximate surface area is 119 Å². The molecule has 1 amide bonds. The number of nitrogens with zero attached hydrogens (tertiary/aromatic N) is 2. The molecule has 1 unspecified atom stereocenters. The summed E-state index contributed by atoms with van der Waals surface area (Å²) in [7, 11) is 2.03. The fraction of sp³-hybridized carbons (Fsp3) is 0.643. The maximum Gasteiger partial charge on any atom is 0.233 e. The molecule has 0 radical (unpaired) electrons. The molecule has 1 aliphatic heterocycles. The lowest BCUT2D eigenvalue weighted by Gasteiger charge is -2.24. The van der Waals surface area contributed by atoms with Crippen molar-refractivity contribution in [1.29, 1.82) is 0 Å². The first-order valence-corrected chi connectivity index (χ1v) is 7.78. The number of hydrogen-bond acceptors (Lipinski definition) is 3. The molecular formula is C14H22N2O2S. The van der Waals surface area contributed by atoms with Crippen molar-refractivity contribution in [2.24, 2.45) is 7.05 Å². The number of aromatic nitrogens is 1. The van der Waals surface area contributed by atoms with Crippen LogP contribution in [-0.2, 0) is 16.6 Å². The van der Waals surface area contributed by atoms with Crippen LogP contribution < -0.4 is 0 Å². The van der Waals surface area contributed by atoms with Gasteiger partial charge in [0.25, 0.3) is 0 Å². The fourth-order valence-corrected chi connectivity index (χ4v) is 3.51. The van der Waals surface area contributed by atoms with E-state index in [2.05, 4.69) is 10.6 Å². The average molecular weight is 282 g/mol.